The van der Waals surface area contributed by atoms with Gasteiger partial charge in [-0.1, -0.05) is 0 Å². The van der Waals surface area contributed by atoms with Crippen molar-refractivity contribution in [3.63, 3.8) is 0 Å². The SMILES string of the molecule is O=C(NCC1CCCO1)c1cnn(-c2ccc([N+](=O)[O-])cc2)c1C(F)(F)F. The fraction of sp³-hybridized carbons (Fsp3) is 0.375. The molecule has 0 saturated carbocycles. The number of amides is 1. The molecular formula is C16H15F3N4O4. The topological polar surface area (TPSA) is 99.3 Å². The summed E-state index contributed by atoms with van der Waals surface area (Å²) < 4.78 is 46.6. The van der Waals surface area contributed by atoms with Crippen molar-refractivity contribution in [3.8, 4) is 5.69 Å². The molecule has 11 heteroatoms. The van der Waals surface area contributed by atoms with Gasteiger partial charge in [-0.05, 0) is 25.0 Å². The van der Waals surface area contributed by atoms with Crippen LogP contribution in [0.15, 0.2) is 30.5 Å². The van der Waals surface area contributed by atoms with Crippen molar-refractivity contribution >= 4 is 11.6 Å². The molecule has 1 atom stereocenters. The molecule has 1 unspecified atom stereocenters. The summed E-state index contributed by atoms with van der Waals surface area (Å²) in [5.74, 6) is -0.911. The van der Waals surface area contributed by atoms with Crippen LogP contribution in [0.2, 0.25) is 0 Å². The standard InChI is InChI=1S/C16H15F3N4O4/c17-16(18,19)14-13(15(24)20-8-12-2-1-7-27-12)9-21-22(14)10-3-5-11(6-4-10)23(25)26/h3-6,9,12H,1-2,7-8H2,(H,20,24). The van der Waals surface area contributed by atoms with Crippen molar-refractivity contribution in [2.75, 3.05) is 13.2 Å². The van der Waals surface area contributed by atoms with Crippen molar-refractivity contribution in [2.45, 2.75) is 25.1 Å². The zero-order chi connectivity index (χ0) is 19.6. The van der Waals surface area contributed by atoms with Gasteiger partial charge in [0.1, 0.15) is 0 Å². The summed E-state index contributed by atoms with van der Waals surface area (Å²) in [6.07, 6.45) is -2.67. The molecule has 3 rings (SSSR count). The van der Waals surface area contributed by atoms with Crippen LogP contribution in [-0.2, 0) is 10.9 Å². The average molecular weight is 384 g/mol. The number of benzene rings is 1. The van der Waals surface area contributed by atoms with Crippen molar-refractivity contribution in [1.29, 1.82) is 0 Å². The molecule has 8 nitrogen and oxygen atoms in total. The number of non-ortho nitro benzene ring substituents is 1. The zero-order valence-electron chi connectivity index (χ0n) is 13.9. The number of nitrogens with one attached hydrogen (secondary N) is 1. The number of nitro benzene ring substituents is 1. The fourth-order valence-corrected chi connectivity index (χ4v) is 2.81. The van der Waals surface area contributed by atoms with Gasteiger partial charge in [0.25, 0.3) is 11.6 Å². The van der Waals surface area contributed by atoms with E-state index < -0.39 is 28.3 Å². The Hall–Kier alpha value is -2.95. The highest BCUT2D eigenvalue weighted by Crippen LogP contribution is 2.34. The fourth-order valence-electron chi connectivity index (χ4n) is 2.81. The molecule has 1 saturated heterocycles. The van der Waals surface area contributed by atoms with Gasteiger partial charge in [-0.25, -0.2) is 4.68 Å². The van der Waals surface area contributed by atoms with Crippen LogP contribution in [0.4, 0.5) is 18.9 Å². The lowest BCUT2D eigenvalue weighted by Gasteiger charge is -2.14. The van der Waals surface area contributed by atoms with Crippen LogP contribution in [0.3, 0.4) is 0 Å². The van der Waals surface area contributed by atoms with E-state index in [-0.39, 0.29) is 24.0 Å². The molecule has 144 valence electrons. The summed E-state index contributed by atoms with van der Waals surface area (Å²) in [5, 5.41) is 16.8. The number of rotatable bonds is 5. The molecule has 27 heavy (non-hydrogen) atoms. The van der Waals surface area contributed by atoms with E-state index in [1.807, 2.05) is 0 Å². The van der Waals surface area contributed by atoms with Crippen molar-refractivity contribution < 1.29 is 27.6 Å². The number of carbonyl (C=O) groups excluding carboxylic acids is 1. The summed E-state index contributed by atoms with van der Waals surface area (Å²) >= 11 is 0. The highest BCUT2D eigenvalue weighted by Gasteiger charge is 2.40. The van der Waals surface area contributed by atoms with Gasteiger partial charge in [-0.2, -0.15) is 18.3 Å². The highest BCUT2D eigenvalue weighted by atomic mass is 19.4. The third kappa shape index (κ3) is 4.08. The van der Waals surface area contributed by atoms with Crippen LogP contribution >= 0.6 is 0 Å². The molecule has 1 aromatic carbocycles. The zero-order valence-corrected chi connectivity index (χ0v) is 13.9. The number of halogens is 3. The summed E-state index contributed by atoms with van der Waals surface area (Å²) in [6.45, 7) is 0.672. The maximum Gasteiger partial charge on any atom is 0.434 e. The predicted octanol–water partition coefficient (Wildman–Crippen LogP) is 2.71. The molecule has 1 aliphatic heterocycles. The molecule has 1 amide bonds. The molecule has 0 radical (unpaired) electrons. The van der Waals surface area contributed by atoms with Crippen LogP contribution < -0.4 is 5.32 Å². The number of hydrogen-bond donors (Lipinski definition) is 1. The lowest BCUT2D eigenvalue weighted by Crippen LogP contribution is -2.33. The third-order valence-corrected chi connectivity index (χ3v) is 4.10. The largest absolute Gasteiger partial charge is 0.434 e. The normalized spacial score (nSPS) is 17.1. The van der Waals surface area contributed by atoms with Gasteiger partial charge < -0.3 is 10.1 Å². The van der Waals surface area contributed by atoms with E-state index in [9.17, 15) is 28.1 Å². The first-order chi connectivity index (χ1) is 12.8. The Morgan fingerprint density at radius 1 is 1.37 bits per heavy atom. The van der Waals surface area contributed by atoms with Crippen molar-refractivity contribution in [3.05, 3.63) is 51.8 Å². The van der Waals surface area contributed by atoms with Crippen molar-refractivity contribution in [2.24, 2.45) is 0 Å². The van der Waals surface area contributed by atoms with Crippen LogP contribution in [0.1, 0.15) is 28.9 Å². The number of hydrogen-bond acceptors (Lipinski definition) is 5. The molecule has 2 heterocycles. The minimum Gasteiger partial charge on any atom is -0.376 e. The van der Waals surface area contributed by atoms with E-state index in [0.717, 1.165) is 43.3 Å². The molecule has 0 aliphatic carbocycles. The smallest absolute Gasteiger partial charge is 0.376 e. The second kappa shape index (κ2) is 7.35. The van der Waals surface area contributed by atoms with Crippen LogP contribution in [0, 0.1) is 10.1 Å². The third-order valence-electron chi connectivity index (χ3n) is 4.10. The minimum absolute atomic E-state index is 0.0499. The van der Waals surface area contributed by atoms with Gasteiger partial charge in [0.15, 0.2) is 5.69 Å². The first-order valence-corrected chi connectivity index (χ1v) is 8.07. The average Bonchev–Trinajstić information content (AvgIpc) is 3.29. The molecular weight excluding hydrogens is 369 g/mol. The van der Waals surface area contributed by atoms with Crippen LogP contribution in [0.5, 0.6) is 0 Å². The summed E-state index contributed by atoms with van der Waals surface area (Å²) in [5.41, 5.74) is -2.19. The van der Waals surface area contributed by atoms with E-state index in [2.05, 4.69) is 10.4 Å². The van der Waals surface area contributed by atoms with Crippen LogP contribution in [-0.4, -0.2) is 39.9 Å². The number of carbonyl (C=O) groups is 1. The highest BCUT2D eigenvalue weighted by molar-refractivity contribution is 5.95. The number of nitro groups is 1. The lowest BCUT2D eigenvalue weighted by molar-refractivity contribution is -0.384. The summed E-state index contributed by atoms with van der Waals surface area (Å²) in [7, 11) is 0. The van der Waals surface area contributed by atoms with E-state index in [1.165, 1.54) is 0 Å². The molecule has 0 bridgehead atoms. The Bertz CT molecular complexity index is 842. The maximum absolute atomic E-state index is 13.6. The van der Waals surface area contributed by atoms with Gasteiger partial charge in [0.05, 0.1) is 28.5 Å². The number of ether oxygens (including phenoxy) is 1. The predicted molar refractivity (Wildman–Crippen MR) is 86.5 cm³/mol. The quantitative estimate of drug-likeness (QED) is 0.631. The number of nitrogens with zero attached hydrogens (tertiary/aromatic N) is 3. The second-order valence-corrected chi connectivity index (χ2v) is 5.93. The monoisotopic (exact) mass is 384 g/mol. The molecule has 1 fully saturated rings. The Morgan fingerprint density at radius 2 is 2.07 bits per heavy atom. The van der Waals surface area contributed by atoms with Crippen molar-refractivity contribution in [1.82, 2.24) is 15.1 Å². The number of alkyl halides is 3. The van der Waals surface area contributed by atoms with E-state index >= 15 is 0 Å². The van der Waals surface area contributed by atoms with Crippen LogP contribution in [0.25, 0.3) is 5.69 Å². The lowest BCUT2D eigenvalue weighted by atomic mass is 10.2. The van der Waals surface area contributed by atoms with E-state index in [0.29, 0.717) is 11.3 Å². The Labute approximate surface area is 151 Å². The molecule has 1 aromatic heterocycles. The summed E-state index contributed by atoms with van der Waals surface area (Å²) in [4.78, 5) is 22.3. The first kappa shape index (κ1) is 18.8. The molecule has 1 N–H and O–H groups in total. The number of aromatic nitrogens is 2. The van der Waals surface area contributed by atoms with E-state index in [4.69, 9.17) is 4.74 Å². The maximum atomic E-state index is 13.6. The van der Waals surface area contributed by atoms with Gasteiger partial charge in [-0.3, -0.25) is 14.9 Å². The first-order valence-electron chi connectivity index (χ1n) is 8.07. The Morgan fingerprint density at radius 3 is 2.63 bits per heavy atom. The van der Waals surface area contributed by atoms with Gasteiger partial charge in [0, 0.05) is 25.3 Å². The minimum atomic E-state index is -4.85. The Kier molecular flexibility index (Phi) is 5.13. The molecule has 0 spiro atoms. The molecule has 2 aromatic rings. The second-order valence-electron chi connectivity index (χ2n) is 5.93. The Balaban J connectivity index is 1.89. The van der Waals surface area contributed by atoms with Gasteiger partial charge in [0.2, 0.25) is 0 Å². The molecule has 1 aliphatic rings. The van der Waals surface area contributed by atoms with Gasteiger partial charge >= 0.3 is 6.18 Å². The van der Waals surface area contributed by atoms with E-state index in [1.54, 1.807) is 0 Å². The van der Waals surface area contributed by atoms with Gasteiger partial charge in [-0.15, -0.1) is 0 Å². The summed E-state index contributed by atoms with van der Waals surface area (Å²) in [6, 6.07) is 4.39.